The van der Waals surface area contributed by atoms with Crippen LogP contribution in [0.4, 0.5) is 0 Å². The third-order valence-corrected chi connectivity index (χ3v) is 3.52. The molecule has 1 aromatic heterocycles. The van der Waals surface area contributed by atoms with Crippen molar-refractivity contribution in [3.63, 3.8) is 0 Å². The number of nitrogens with zero attached hydrogens (tertiary/aromatic N) is 2. The largest absolute Gasteiger partial charge is 0.363 e. The first-order valence-corrected chi connectivity index (χ1v) is 6.49. The fraction of sp³-hybridized carbons (Fsp3) is 0.267. The third-order valence-electron chi connectivity index (χ3n) is 3.52. The lowest BCUT2D eigenvalue weighted by atomic mass is 9.90. The molecule has 3 rings (SSSR count). The molecule has 0 saturated carbocycles. The summed E-state index contributed by atoms with van der Waals surface area (Å²) in [5.74, 6) is -0.532. The number of carbonyl (C=O) groups excluding carboxylic acids is 1. The van der Waals surface area contributed by atoms with Crippen LogP contribution in [0.2, 0.25) is 0 Å². The molecule has 1 heterocycles. The first kappa shape index (κ1) is 11.8. The van der Waals surface area contributed by atoms with Crippen molar-refractivity contribution in [1.29, 1.82) is 0 Å². The summed E-state index contributed by atoms with van der Waals surface area (Å²) in [6, 6.07) is 8.19. The van der Waals surface area contributed by atoms with Gasteiger partial charge in [-0.3, -0.25) is 4.79 Å². The average Bonchev–Trinajstić information content (AvgIpc) is 2.47. The van der Waals surface area contributed by atoms with Crippen LogP contribution in [0.15, 0.2) is 30.5 Å². The van der Waals surface area contributed by atoms with Gasteiger partial charge in [0.05, 0.1) is 5.69 Å². The van der Waals surface area contributed by atoms with Gasteiger partial charge in [0.2, 0.25) is 5.82 Å². The highest BCUT2D eigenvalue weighted by Gasteiger charge is 2.12. The minimum absolute atomic E-state index is 0.0650. The number of amides is 1. The fourth-order valence-corrected chi connectivity index (χ4v) is 2.53. The molecule has 0 bridgehead atoms. The summed E-state index contributed by atoms with van der Waals surface area (Å²) in [5, 5.41) is 0. The van der Waals surface area contributed by atoms with Gasteiger partial charge in [-0.1, -0.05) is 12.1 Å². The lowest BCUT2D eigenvalue weighted by molar-refractivity contribution is 0.0990. The number of nitrogens with two attached hydrogens (primary N) is 1. The zero-order valence-electron chi connectivity index (χ0n) is 10.6. The summed E-state index contributed by atoms with van der Waals surface area (Å²) in [5.41, 5.74) is 9.80. The fourth-order valence-electron chi connectivity index (χ4n) is 2.53. The first-order chi connectivity index (χ1) is 9.24. The Balaban J connectivity index is 2.02. The van der Waals surface area contributed by atoms with E-state index in [0.717, 1.165) is 24.1 Å². The highest BCUT2D eigenvalue weighted by molar-refractivity contribution is 5.89. The van der Waals surface area contributed by atoms with Gasteiger partial charge in [-0.05, 0) is 48.9 Å². The Labute approximate surface area is 111 Å². The van der Waals surface area contributed by atoms with Crippen molar-refractivity contribution in [2.24, 2.45) is 5.73 Å². The topological polar surface area (TPSA) is 68.9 Å². The molecule has 0 aliphatic heterocycles. The number of hydrogen-bond donors (Lipinski definition) is 1. The molecular weight excluding hydrogens is 238 g/mol. The number of benzene rings is 1. The Morgan fingerprint density at radius 3 is 2.68 bits per heavy atom. The number of aromatic nitrogens is 2. The molecule has 1 aliphatic rings. The van der Waals surface area contributed by atoms with E-state index in [1.165, 1.54) is 24.0 Å². The molecule has 4 heteroatoms. The van der Waals surface area contributed by atoms with E-state index in [0.29, 0.717) is 0 Å². The highest BCUT2D eigenvalue weighted by Crippen LogP contribution is 2.26. The zero-order chi connectivity index (χ0) is 13.2. The minimum atomic E-state index is -0.597. The summed E-state index contributed by atoms with van der Waals surface area (Å²) in [6.45, 7) is 0. The monoisotopic (exact) mass is 253 g/mol. The number of rotatable bonds is 2. The van der Waals surface area contributed by atoms with Crippen LogP contribution >= 0.6 is 0 Å². The molecule has 0 atom stereocenters. The van der Waals surface area contributed by atoms with Crippen LogP contribution in [0.25, 0.3) is 11.3 Å². The quantitative estimate of drug-likeness (QED) is 0.891. The van der Waals surface area contributed by atoms with Crippen molar-refractivity contribution in [3.8, 4) is 11.3 Å². The Morgan fingerprint density at radius 1 is 1.11 bits per heavy atom. The predicted molar refractivity (Wildman–Crippen MR) is 72.6 cm³/mol. The van der Waals surface area contributed by atoms with Gasteiger partial charge in [-0.2, -0.15) is 0 Å². The van der Waals surface area contributed by atoms with Crippen LogP contribution in [0.1, 0.15) is 34.6 Å². The summed E-state index contributed by atoms with van der Waals surface area (Å²) < 4.78 is 0. The lowest BCUT2D eigenvalue weighted by Gasteiger charge is -2.16. The van der Waals surface area contributed by atoms with Crippen molar-refractivity contribution >= 4 is 5.91 Å². The smallest absolute Gasteiger partial charge is 0.286 e. The zero-order valence-corrected chi connectivity index (χ0v) is 10.6. The number of aryl methyl sites for hydroxylation is 2. The minimum Gasteiger partial charge on any atom is -0.363 e. The van der Waals surface area contributed by atoms with Crippen molar-refractivity contribution in [3.05, 3.63) is 47.4 Å². The molecule has 0 fully saturated rings. The Kier molecular flexibility index (Phi) is 2.99. The van der Waals surface area contributed by atoms with Crippen LogP contribution in [0.5, 0.6) is 0 Å². The van der Waals surface area contributed by atoms with Gasteiger partial charge in [0, 0.05) is 11.8 Å². The maximum absolute atomic E-state index is 11.1. The molecule has 96 valence electrons. The van der Waals surface area contributed by atoms with Gasteiger partial charge >= 0.3 is 0 Å². The summed E-state index contributed by atoms with van der Waals surface area (Å²) >= 11 is 0. The van der Waals surface area contributed by atoms with E-state index in [4.69, 9.17) is 5.73 Å². The molecule has 0 spiro atoms. The SMILES string of the molecule is NC(=O)c1nccc(-c2ccc3c(c2)CCCC3)n1. The standard InChI is InChI=1S/C15H15N3O/c16-14(19)15-17-8-7-13(18-15)12-6-5-10-3-1-2-4-11(10)9-12/h5-9H,1-4H2,(H2,16,19). The summed E-state index contributed by atoms with van der Waals surface area (Å²) in [6.07, 6.45) is 6.36. The number of fused-ring (bicyclic) bond motifs is 1. The molecule has 1 aromatic carbocycles. The van der Waals surface area contributed by atoms with Crippen LogP contribution < -0.4 is 5.73 Å². The molecule has 2 N–H and O–H groups in total. The Bertz CT molecular complexity index is 637. The van der Waals surface area contributed by atoms with Gasteiger partial charge in [-0.25, -0.2) is 9.97 Å². The van der Waals surface area contributed by atoms with Gasteiger partial charge in [0.25, 0.3) is 5.91 Å². The predicted octanol–water partition coefficient (Wildman–Crippen LogP) is 2.12. The van der Waals surface area contributed by atoms with Crippen LogP contribution in [0, 0.1) is 0 Å². The second kappa shape index (κ2) is 4.80. The molecule has 2 aromatic rings. The maximum atomic E-state index is 11.1. The average molecular weight is 253 g/mol. The molecule has 0 unspecified atom stereocenters. The molecule has 4 nitrogen and oxygen atoms in total. The van der Waals surface area contributed by atoms with E-state index in [1.807, 2.05) is 0 Å². The van der Waals surface area contributed by atoms with Gasteiger partial charge in [0.15, 0.2) is 0 Å². The maximum Gasteiger partial charge on any atom is 0.286 e. The molecule has 0 saturated heterocycles. The molecule has 19 heavy (non-hydrogen) atoms. The molecular formula is C15H15N3O. The van der Waals surface area contributed by atoms with E-state index in [-0.39, 0.29) is 5.82 Å². The van der Waals surface area contributed by atoms with Crippen LogP contribution in [-0.4, -0.2) is 15.9 Å². The van der Waals surface area contributed by atoms with Crippen molar-refractivity contribution in [2.75, 3.05) is 0 Å². The number of primary amides is 1. The van der Waals surface area contributed by atoms with E-state index < -0.39 is 5.91 Å². The Morgan fingerprint density at radius 2 is 1.89 bits per heavy atom. The van der Waals surface area contributed by atoms with Crippen LogP contribution in [0.3, 0.4) is 0 Å². The third kappa shape index (κ3) is 2.34. The summed E-state index contributed by atoms with van der Waals surface area (Å²) in [7, 11) is 0. The molecule has 1 amide bonds. The number of hydrogen-bond acceptors (Lipinski definition) is 3. The van der Waals surface area contributed by atoms with E-state index >= 15 is 0 Å². The van der Waals surface area contributed by atoms with Crippen molar-refractivity contribution in [2.45, 2.75) is 25.7 Å². The normalized spacial score (nSPS) is 13.9. The van der Waals surface area contributed by atoms with E-state index in [9.17, 15) is 4.79 Å². The summed E-state index contributed by atoms with van der Waals surface area (Å²) in [4.78, 5) is 19.2. The second-order valence-electron chi connectivity index (χ2n) is 4.82. The van der Waals surface area contributed by atoms with E-state index in [1.54, 1.807) is 12.3 Å². The van der Waals surface area contributed by atoms with Crippen molar-refractivity contribution < 1.29 is 4.79 Å². The van der Waals surface area contributed by atoms with Gasteiger partial charge in [0.1, 0.15) is 0 Å². The van der Waals surface area contributed by atoms with Crippen molar-refractivity contribution in [1.82, 2.24) is 9.97 Å². The van der Waals surface area contributed by atoms with Gasteiger partial charge in [-0.15, -0.1) is 0 Å². The molecule has 1 aliphatic carbocycles. The van der Waals surface area contributed by atoms with Gasteiger partial charge < -0.3 is 5.73 Å². The highest BCUT2D eigenvalue weighted by atomic mass is 16.1. The molecule has 0 radical (unpaired) electrons. The van der Waals surface area contributed by atoms with Crippen LogP contribution in [-0.2, 0) is 12.8 Å². The second-order valence-corrected chi connectivity index (χ2v) is 4.82. The van der Waals surface area contributed by atoms with E-state index in [2.05, 4.69) is 28.2 Å². The first-order valence-electron chi connectivity index (χ1n) is 6.49. The Hall–Kier alpha value is -2.23. The number of carbonyl (C=O) groups is 1. The lowest BCUT2D eigenvalue weighted by Crippen LogP contribution is -2.15.